The summed E-state index contributed by atoms with van der Waals surface area (Å²) in [5, 5.41) is 11.8. The van der Waals surface area contributed by atoms with Crippen molar-refractivity contribution in [1.82, 2.24) is 4.98 Å². The maximum atomic E-state index is 8.81. The minimum Gasteiger partial charge on any atom is -0.438 e. The van der Waals surface area contributed by atoms with E-state index in [9.17, 15) is 0 Å². The zero-order valence-corrected chi connectivity index (χ0v) is 11.5. The number of aryl methyl sites for hydroxylation is 2. The molecule has 0 amide bonds. The van der Waals surface area contributed by atoms with Gasteiger partial charge >= 0.3 is 0 Å². The van der Waals surface area contributed by atoms with Crippen molar-refractivity contribution in [3.63, 3.8) is 0 Å². The fourth-order valence-electron chi connectivity index (χ4n) is 1.80. The van der Waals surface area contributed by atoms with Crippen molar-refractivity contribution in [3.05, 3.63) is 53.2 Å². The maximum absolute atomic E-state index is 8.81. The van der Waals surface area contributed by atoms with E-state index in [2.05, 4.69) is 17.1 Å². The highest BCUT2D eigenvalue weighted by Gasteiger charge is 2.11. The summed E-state index contributed by atoms with van der Waals surface area (Å²) in [7, 11) is 0. The Morgan fingerprint density at radius 2 is 2.15 bits per heavy atom. The Balaban J connectivity index is 2.39. The van der Waals surface area contributed by atoms with E-state index in [0.717, 1.165) is 12.1 Å². The van der Waals surface area contributed by atoms with Crippen molar-refractivity contribution in [1.29, 1.82) is 0 Å². The minimum atomic E-state index is -0.0286. The number of benzene rings is 1. The molecule has 0 bridgehead atoms. The summed E-state index contributed by atoms with van der Waals surface area (Å²) in [5.74, 6) is 0.974. The SMILES string of the molecule is CCc1cccc(Oc2nc(C)ccc2C(N)=NO)c1. The lowest BCUT2D eigenvalue weighted by Crippen LogP contribution is -2.15. The van der Waals surface area contributed by atoms with Crippen molar-refractivity contribution in [2.75, 3.05) is 0 Å². The molecule has 0 unspecified atom stereocenters. The Labute approximate surface area is 117 Å². The van der Waals surface area contributed by atoms with Crippen LogP contribution in [-0.2, 0) is 6.42 Å². The predicted octanol–water partition coefficient (Wildman–Crippen LogP) is 2.84. The molecule has 0 aliphatic rings. The van der Waals surface area contributed by atoms with E-state index in [1.807, 2.05) is 31.2 Å². The second-order valence-electron chi connectivity index (χ2n) is 4.39. The average Bonchev–Trinajstić information content (AvgIpc) is 2.47. The first kappa shape index (κ1) is 13.9. The second-order valence-corrected chi connectivity index (χ2v) is 4.39. The van der Waals surface area contributed by atoms with E-state index in [1.165, 1.54) is 5.56 Å². The van der Waals surface area contributed by atoms with Gasteiger partial charge in [0, 0.05) is 5.69 Å². The van der Waals surface area contributed by atoms with E-state index in [-0.39, 0.29) is 5.84 Å². The third kappa shape index (κ3) is 3.06. The summed E-state index contributed by atoms with van der Waals surface area (Å²) in [5.41, 5.74) is 8.05. The van der Waals surface area contributed by atoms with Crippen LogP contribution < -0.4 is 10.5 Å². The molecule has 0 fully saturated rings. The largest absolute Gasteiger partial charge is 0.438 e. The quantitative estimate of drug-likeness (QED) is 0.388. The van der Waals surface area contributed by atoms with E-state index in [0.29, 0.717) is 17.2 Å². The Morgan fingerprint density at radius 1 is 1.35 bits per heavy atom. The summed E-state index contributed by atoms with van der Waals surface area (Å²) in [4.78, 5) is 4.30. The molecule has 5 heteroatoms. The second kappa shape index (κ2) is 6.06. The van der Waals surface area contributed by atoms with E-state index in [4.69, 9.17) is 15.7 Å². The summed E-state index contributed by atoms with van der Waals surface area (Å²) in [6.07, 6.45) is 0.922. The van der Waals surface area contributed by atoms with Gasteiger partial charge in [0.05, 0.1) is 5.56 Å². The topological polar surface area (TPSA) is 80.7 Å². The number of hydrogen-bond acceptors (Lipinski definition) is 4. The zero-order chi connectivity index (χ0) is 14.5. The molecule has 0 spiro atoms. The Hall–Kier alpha value is -2.56. The molecule has 20 heavy (non-hydrogen) atoms. The Kier molecular flexibility index (Phi) is 4.20. The van der Waals surface area contributed by atoms with Crippen LogP contribution in [-0.4, -0.2) is 16.0 Å². The number of nitrogens with zero attached hydrogens (tertiary/aromatic N) is 2. The number of pyridine rings is 1. The smallest absolute Gasteiger partial charge is 0.230 e. The number of amidine groups is 1. The van der Waals surface area contributed by atoms with E-state index < -0.39 is 0 Å². The summed E-state index contributed by atoms with van der Waals surface area (Å²) >= 11 is 0. The first-order chi connectivity index (χ1) is 9.63. The number of oxime groups is 1. The third-order valence-electron chi connectivity index (χ3n) is 2.90. The normalized spacial score (nSPS) is 11.4. The Bertz CT molecular complexity index is 639. The van der Waals surface area contributed by atoms with Crippen LogP contribution in [0.3, 0.4) is 0 Å². The van der Waals surface area contributed by atoms with E-state index >= 15 is 0 Å². The molecular formula is C15H17N3O2. The lowest BCUT2D eigenvalue weighted by molar-refractivity contribution is 0.318. The van der Waals surface area contributed by atoms with Gasteiger partial charge in [-0.25, -0.2) is 4.98 Å². The molecule has 3 N–H and O–H groups in total. The van der Waals surface area contributed by atoms with Gasteiger partial charge in [-0.15, -0.1) is 0 Å². The molecule has 0 atom stereocenters. The molecule has 1 aromatic heterocycles. The molecule has 0 radical (unpaired) electrons. The summed E-state index contributed by atoms with van der Waals surface area (Å²) in [6.45, 7) is 3.93. The highest BCUT2D eigenvalue weighted by atomic mass is 16.5. The van der Waals surface area contributed by atoms with Crippen LogP contribution in [0.1, 0.15) is 23.7 Å². The number of hydrogen-bond donors (Lipinski definition) is 2. The number of rotatable bonds is 4. The van der Waals surface area contributed by atoms with Crippen LogP contribution in [0.2, 0.25) is 0 Å². The first-order valence-electron chi connectivity index (χ1n) is 6.36. The summed E-state index contributed by atoms with van der Waals surface area (Å²) in [6, 6.07) is 11.2. The van der Waals surface area contributed by atoms with Crippen molar-refractivity contribution in [2.45, 2.75) is 20.3 Å². The van der Waals surface area contributed by atoms with Crippen LogP contribution >= 0.6 is 0 Å². The zero-order valence-electron chi connectivity index (χ0n) is 11.5. The lowest BCUT2D eigenvalue weighted by Gasteiger charge is -2.10. The molecule has 0 saturated heterocycles. The van der Waals surface area contributed by atoms with Crippen molar-refractivity contribution < 1.29 is 9.94 Å². The minimum absolute atomic E-state index is 0.0286. The van der Waals surface area contributed by atoms with Crippen LogP contribution in [0.15, 0.2) is 41.6 Å². The highest BCUT2D eigenvalue weighted by molar-refractivity contribution is 5.99. The van der Waals surface area contributed by atoms with Gasteiger partial charge in [0.2, 0.25) is 5.88 Å². The molecule has 104 valence electrons. The molecule has 2 rings (SSSR count). The van der Waals surface area contributed by atoms with Crippen LogP contribution in [0, 0.1) is 6.92 Å². The first-order valence-corrected chi connectivity index (χ1v) is 6.36. The molecule has 1 aromatic carbocycles. The molecule has 2 aromatic rings. The van der Waals surface area contributed by atoms with E-state index in [1.54, 1.807) is 12.1 Å². The van der Waals surface area contributed by atoms with Crippen molar-refractivity contribution in [3.8, 4) is 11.6 Å². The number of aromatic nitrogens is 1. The van der Waals surface area contributed by atoms with Gasteiger partial charge in [0.1, 0.15) is 5.75 Å². The lowest BCUT2D eigenvalue weighted by atomic mass is 10.1. The standard InChI is InChI=1S/C15H17N3O2/c1-3-11-5-4-6-12(9-11)20-15-13(14(16)18-19)8-7-10(2)17-15/h4-9,19H,3H2,1-2H3,(H2,16,18). The molecule has 5 nitrogen and oxygen atoms in total. The fraction of sp³-hybridized carbons (Fsp3) is 0.200. The molecule has 1 heterocycles. The third-order valence-corrected chi connectivity index (χ3v) is 2.90. The average molecular weight is 271 g/mol. The Morgan fingerprint density at radius 3 is 2.85 bits per heavy atom. The number of ether oxygens (including phenoxy) is 1. The fourth-order valence-corrected chi connectivity index (χ4v) is 1.80. The summed E-state index contributed by atoms with van der Waals surface area (Å²) < 4.78 is 5.77. The number of nitrogens with two attached hydrogens (primary N) is 1. The van der Waals surface area contributed by atoms with Gasteiger partial charge in [-0.2, -0.15) is 0 Å². The van der Waals surface area contributed by atoms with Crippen LogP contribution in [0.5, 0.6) is 11.6 Å². The van der Waals surface area contributed by atoms with Gasteiger partial charge in [0.15, 0.2) is 5.84 Å². The van der Waals surface area contributed by atoms with Gasteiger partial charge in [-0.3, -0.25) is 0 Å². The maximum Gasteiger partial charge on any atom is 0.230 e. The van der Waals surface area contributed by atoms with Crippen molar-refractivity contribution in [2.24, 2.45) is 10.9 Å². The van der Waals surface area contributed by atoms with Gasteiger partial charge in [-0.1, -0.05) is 24.2 Å². The predicted molar refractivity (Wildman–Crippen MR) is 77.4 cm³/mol. The van der Waals surface area contributed by atoms with Crippen LogP contribution in [0.4, 0.5) is 0 Å². The van der Waals surface area contributed by atoms with Gasteiger partial charge in [0.25, 0.3) is 0 Å². The van der Waals surface area contributed by atoms with Crippen LogP contribution in [0.25, 0.3) is 0 Å². The van der Waals surface area contributed by atoms with Gasteiger partial charge in [-0.05, 0) is 43.2 Å². The van der Waals surface area contributed by atoms with Gasteiger partial charge < -0.3 is 15.7 Å². The van der Waals surface area contributed by atoms with Crippen molar-refractivity contribution >= 4 is 5.84 Å². The molecule has 0 aliphatic carbocycles. The monoisotopic (exact) mass is 271 g/mol. The molecule has 0 saturated carbocycles. The molecular weight excluding hydrogens is 254 g/mol. The molecule has 0 aliphatic heterocycles. The highest BCUT2D eigenvalue weighted by Crippen LogP contribution is 2.24.